The van der Waals surface area contributed by atoms with E-state index in [9.17, 15) is 0 Å². The standard InChI is InChI=1S/C23H29N5.HI/c1-3-24-23(26-18-22-14-15-27-28(22)2)25-17-21(20-12-8-5-9-13-20)16-19-10-6-4-7-11-19;/h4-15,21H,3,16-18H2,1-2H3,(H2,24,25,26);1H. The van der Waals surface area contributed by atoms with Crippen molar-refractivity contribution in [1.29, 1.82) is 0 Å². The molecule has 0 aliphatic rings. The number of hydrogen-bond donors (Lipinski definition) is 2. The Balaban J connectivity index is 0.00000300. The molecule has 1 aromatic heterocycles. The number of guanidine groups is 1. The van der Waals surface area contributed by atoms with Gasteiger partial charge in [0, 0.05) is 32.3 Å². The monoisotopic (exact) mass is 503 g/mol. The Bertz CT molecular complexity index is 861. The molecule has 0 radical (unpaired) electrons. The molecule has 5 nitrogen and oxygen atoms in total. The molecule has 0 saturated carbocycles. The van der Waals surface area contributed by atoms with Crippen LogP contribution in [0.3, 0.4) is 0 Å². The van der Waals surface area contributed by atoms with E-state index in [1.54, 1.807) is 6.20 Å². The average Bonchev–Trinajstić information content (AvgIpc) is 3.15. The van der Waals surface area contributed by atoms with Crippen LogP contribution in [-0.2, 0) is 20.0 Å². The van der Waals surface area contributed by atoms with Crippen LogP contribution >= 0.6 is 24.0 Å². The van der Waals surface area contributed by atoms with Gasteiger partial charge in [0.25, 0.3) is 0 Å². The molecule has 2 aromatic carbocycles. The van der Waals surface area contributed by atoms with E-state index in [0.29, 0.717) is 12.5 Å². The highest BCUT2D eigenvalue weighted by molar-refractivity contribution is 14.0. The molecule has 29 heavy (non-hydrogen) atoms. The van der Waals surface area contributed by atoms with Crippen LogP contribution < -0.4 is 10.6 Å². The zero-order valence-corrected chi connectivity index (χ0v) is 19.4. The normalized spacial score (nSPS) is 12.1. The van der Waals surface area contributed by atoms with E-state index in [0.717, 1.165) is 31.2 Å². The number of nitrogens with one attached hydrogen (secondary N) is 2. The molecule has 0 amide bonds. The minimum atomic E-state index is 0. The summed E-state index contributed by atoms with van der Waals surface area (Å²) in [4.78, 5) is 4.72. The van der Waals surface area contributed by atoms with E-state index < -0.39 is 0 Å². The molecule has 0 bridgehead atoms. The first-order chi connectivity index (χ1) is 13.8. The highest BCUT2D eigenvalue weighted by Gasteiger charge is 2.13. The van der Waals surface area contributed by atoms with Gasteiger partial charge in [0.05, 0.1) is 12.2 Å². The highest BCUT2D eigenvalue weighted by Crippen LogP contribution is 2.20. The molecule has 1 heterocycles. The molecule has 6 heteroatoms. The molecule has 1 atom stereocenters. The SMILES string of the molecule is CCNC(=NCc1ccnn1C)NCC(Cc1ccccc1)c1ccccc1.I. The van der Waals surface area contributed by atoms with Crippen molar-refractivity contribution in [2.75, 3.05) is 13.1 Å². The summed E-state index contributed by atoms with van der Waals surface area (Å²) in [5.74, 6) is 1.20. The molecule has 0 saturated heterocycles. The summed E-state index contributed by atoms with van der Waals surface area (Å²) in [6, 6.07) is 23.3. The van der Waals surface area contributed by atoms with E-state index in [-0.39, 0.29) is 24.0 Å². The zero-order chi connectivity index (χ0) is 19.6. The lowest BCUT2D eigenvalue weighted by Crippen LogP contribution is -2.39. The molecule has 0 aliphatic carbocycles. The Hall–Kier alpha value is -2.35. The highest BCUT2D eigenvalue weighted by atomic mass is 127. The van der Waals surface area contributed by atoms with E-state index in [2.05, 4.69) is 83.3 Å². The first-order valence-corrected chi connectivity index (χ1v) is 9.84. The van der Waals surface area contributed by atoms with Gasteiger partial charge in [-0.2, -0.15) is 5.10 Å². The summed E-state index contributed by atoms with van der Waals surface area (Å²) in [5, 5.41) is 11.1. The van der Waals surface area contributed by atoms with Gasteiger partial charge in [-0.3, -0.25) is 4.68 Å². The van der Waals surface area contributed by atoms with E-state index in [4.69, 9.17) is 4.99 Å². The van der Waals surface area contributed by atoms with Crippen molar-refractivity contribution < 1.29 is 0 Å². The first-order valence-electron chi connectivity index (χ1n) is 9.84. The van der Waals surface area contributed by atoms with E-state index >= 15 is 0 Å². The van der Waals surface area contributed by atoms with Crippen LogP contribution in [-0.4, -0.2) is 28.8 Å². The Morgan fingerprint density at radius 2 is 1.69 bits per heavy atom. The second-order valence-corrected chi connectivity index (χ2v) is 6.82. The van der Waals surface area contributed by atoms with Gasteiger partial charge in [-0.15, -0.1) is 24.0 Å². The summed E-state index contributed by atoms with van der Waals surface area (Å²) in [6.07, 6.45) is 2.79. The average molecular weight is 503 g/mol. The van der Waals surface area contributed by atoms with Crippen molar-refractivity contribution in [1.82, 2.24) is 20.4 Å². The lowest BCUT2D eigenvalue weighted by atomic mass is 9.92. The van der Waals surface area contributed by atoms with Crippen LogP contribution in [0.5, 0.6) is 0 Å². The maximum atomic E-state index is 4.72. The number of aromatic nitrogens is 2. The fourth-order valence-electron chi connectivity index (χ4n) is 3.21. The molecular weight excluding hydrogens is 473 g/mol. The third-order valence-corrected chi connectivity index (χ3v) is 4.78. The zero-order valence-electron chi connectivity index (χ0n) is 17.1. The second kappa shape index (κ2) is 12.3. The van der Waals surface area contributed by atoms with Gasteiger partial charge in [0.1, 0.15) is 0 Å². The van der Waals surface area contributed by atoms with Crippen LogP contribution in [0.2, 0.25) is 0 Å². The van der Waals surface area contributed by atoms with Gasteiger partial charge >= 0.3 is 0 Å². The van der Waals surface area contributed by atoms with Crippen LogP contribution in [0.25, 0.3) is 0 Å². The Morgan fingerprint density at radius 1 is 1.00 bits per heavy atom. The molecule has 1 unspecified atom stereocenters. The number of aryl methyl sites for hydroxylation is 1. The number of halogens is 1. The van der Waals surface area contributed by atoms with E-state index in [1.807, 2.05) is 17.8 Å². The summed E-state index contributed by atoms with van der Waals surface area (Å²) in [6.45, 7) is 4.32. The fourth-order valence-corrected chi connectivity index (χ4v) is 3.21. The van der Waals surface area contributed by atoms with Crippen LogP contribution in [0.15, 0.2) is 77.9 Å². The van der Waals surface area contributed by atoms with Crippen molar-refractivity contribution in [2.24, 2.45) is 12.0 Å². The predicted molar refractivity (Wildman–Crippen MR) is 131 cm³/mol. The minimum absolute atomic E-state index is 0. The predicted octanol–water partition coefficient (Wildman–Crippen LogP) is 4.12. The molecule has 2 N–H and O–H groups in total. The lowest BCUT2D eigenvalue weighted by molar-refractivity contribution is 0.643. The molecule has 0 spiro atoms. The van der Waals surface area contributed by atoms with Gasteiger partial charge in [-0.1, -0.05) is 60.7 Å². The van der Waals surface area contributed by atoms with Crippen LogP contribution in [0, 0.1) is 0 Å². The van der Waals surface area contributed by atoms with Gasteiger partial charge < -0.3 is 10.6 Å². The summed E-state index contributed by atoms with van der Waals surface area (Å²) >= 11 is 0. The van der Waals surface area contributed by atoms with Gasteiger partial charge in [0.2, 0.25) is 0 Å². The first kappa shape index (κ1) is 22.9. The quantitative estimate of drug-likeness (QED) is 0.276. The lowest BCUT2D eigenvalue weighted by Gasteiger charge is -2.20. The van der Waals surface area contributed by atoms with Crippen molar-refractivity contribution in [3.63, 3.8) is 0 Å². The fraction of sp³-hybridized carbons (Fsp3) is 0.304. The van der Waals surface area contributed by atoms with Crippen molar-refractivity contribution >= 4 is 29.9 Å². The maximum Gasteiger partial charge on any atom is 0.191 e. The summed E-state index contributed by atoms with van der Waals surface area (Å²) < 4.78 is 1.86. The van der Waals surface area contributed by atoms with Gasteiger partial charge in [-0.25, -0.2) is 4.99 Å². The number of benzene rings is 2. The van der Waals surface area contributed by atoms with Crippen molar-refractivity contribution in [3.05, 3.63) is 89.7 Å². The molecule has 3 rings (SSSR count). The Labute approximate surface area is 190 Å². The Morgan fingerprint density at radius 3 is 2.31 bits per heavy atom. The maximum absolute atomic E-state index is 4.72. The smallest absolute Gasteiger partial charge is 0.191 e. The minimum Gasteiger partial charge on any atom is -0.357 e. The van der Waals surface area contributed by atoms with E-state index in [1.165, 1.54) is 11.1 Å². The molecule has 0 fully saturated rings. The van der Waals surface area contributed by atoms with Gasteiger partial charge in [-0.05, 0) is 30.5 Å². The van der Waals surface area contributed by atoms with Crippen LogP contribution in [0.4, 0.5) is 0 Å². The largest absolute Gasteiger partial charge is 0.357 e. The summed E-state index contributed by atoms with van der Waals surface area (Å²) in [7, 11) is 1.94. The molecule has 3 aromatic rings. The Kier molecular flexibility index (Phi) is 9.70. The van der Waals surface area contributed by atoms with Crippen molar-refractivity contribution in [2.45, 2.75) is 25.8 Å². The number of nitrogens with zero attached hydrogens (tertiary/aromatic N) is 3. The second-order valence-electron chi connectivity index (χ2n) is 6.82. The topological polar surface area (TPSA) is 54.2 Å². The molecular formula is C23H30IN5. The number of hydrogen-bond acceptors (Lipinski definition) is 2. The van der Waals surface area contributed by atoms with Gasteiger partial charge in [0.15, 0.2) is 5.96 Å². The summed E-state index contributed by atoms with van der Waals surface area (Å²) in [5.41, 5.74) is 3.76. The third-order valence-electron chi connectivity index (χ3n) is 4.78. The molecule has 0 aliphatic heterocycles. The number of rotatable bonds is 8. The van der Waals surface area contributed by atoms with Crippen molar-refractivity contribution in [3.8, 4) is 0 Å². The van der Waals surface area contributed by atoms with Crippen LogP contribution in [0.1, 0.15) is 29.7 Å². The third kappa shape index (κ3) is 7.20. The number of aliphatic imine (C=N–C) groups is 1. The molecule has 154 valence electrons.